The fourth-order valence-electron chi connectivity index (χ4n) is 9.23. The van der Waals surface area contributed by atoms with Crippen LogP contribution in [0.15, 0.2) is 12.1 Å². The lowest BCUT2D eigenvalue weighted by Gasteiger charge is -2.29. The van der Waals surface area contributed by atoms with Gasteiger partial charge >= 0.3 is 6.03 Å². The first-order valence-electron chi connectivity index (χ1n) is 19.8. The minimum atomic E-state index is -3.74. The van der Waals surface area contributed by atoms with Crippen molar-refractivity contribution < 1.29 is 26.4 Å². The highest BCUT2D eigenvalue weighted by molar-refractivity contribution is 7.90. The maximum Gasteiger partial charge on any atom is 0.332 e. The number of fused-ring (bicyclic) bond motifs is 4. The number of primary sulfonamides is 1. The Morgan fingerprint density at radius 2 is 1.09 bits per heavy atom. The van der Waals surface area contributed by atoms with Gasteiger partial charge in [-0.25, -0.2) is 31.5 Å². The van der Waals surface area contributed by atoms with E-state index in [0.717, 1.165) is 75.6 Å². The molecule has 2 aromatic rings. The van der Waals surface area contributed by atoms with E-state index in [2.05, 4.69) is 28.2 Å². The van der Waals surface area contributed by atoms with E-state index in [-0.39, 0.29) is 0 Å². The number of nitrogens with zero attached hydrogens (tertiary/aromatic N) is 5. The summed E-state index contributed by atoms with van der Waals surface area (Å²) in [6, 6.07) is 8.09. The van der Waals surface area contributed by atoms with Gasteiger partial charge in [0.1, 0.15) is 5.75 Å². The molecule has 2 aliphatic heterocycles. The Bertz CT molecular complexity index is 2080. The molecule has 8 rings (SSSR count). The van der Waals surface area contributed by atoms with Gasteiger partial charge in [0.25, 0.3) is 6.26 Å². The maximum absolute atomic E-state index is 12.7. The van der Waals surface area contributed by atoms with Crippen molar-refractivity contribution in [3.63, 3.8) is 0 Å². The molecule has 6 aliphatic rings. The first-order chi connectivity index (χ1) is 26.9. The Morgan fingerprint density at radius 1 is 0.679 bits per heavy atom. The minimum absolute atomic E-state index is 0.310. The zero-order valence-electron chi connectivity index (χ0n) is 31.9. The molecular weight excluding hydrogens is 753 g/mol. The molecular formula is C40H52N8O6S2. The summed E-state index contributed by atoms with van der Waals surface area (Å²) in [6.45, 7) is 3.09. The van der Waals surface area contributed by atoms with Gasteiger partial charge in [0.15, 0.2) is 0 Å². The molecule has 0 spiro atoms. The predicted molar refractivity (Wildman–Crippen MR) is 212 cm³/mol. The molecule has 0 saturated carbocycles. The molecule has 300 valence electrons. The first-order valence-corrected chi connectivity index (χ1v) is 23.0. The fourth-order valence-corrected chi connectivity index (χ4v) is 11.4. The highest BCUT2D eigenvalue weighted by atomic mass is 32.2. The Hall–Kier alpha value is -4.24. The number of ether oxygens (including phenoxy) is 1. The third kappa shape index (κ3) is 9.82. The molecule has 0 radical (unpaired) electrons. The standard InChI is InChI=1S/C20H26N4O3S.C13H13NO.C7H13N3O2S/c21-9-12-24-10-7-16(8-11-24)28(26,27)23-20(25)22-19-17-5-1-3-14(17)13-15-4-2-6-18(15)19;14-8-15-13-11-5-1-3-9(11)7-10-4-2-6-12(10)13;8-3-6-10-4-1-7(2-5-10)13(9,11)12/h13,16H,1-8,10-12H2,(H2,22,23,25);7H,1-6H2;7H,1-2,4-6H2,(H2,9,11,12). The van der Waals surface area contributed by atoms with Crippen LogP contribution in [0.5, 0.6) is 5.75 Å². The zero-order valence-corrected chi connectivity index (χ0v) is 33.6. The number of aryl methyl sites for hydroxylation is 4. The number of anilines is 1. The Balaban J connectivity index is 0.000000159. The van der Waals surface area contributed by atoms with Gasteiger partial charge in [-0.1, -0.05) is 12.1 Å². The number of nitrogens with one attached hydrogen (secondary N) is 2. The number of hydrogen-bond acceptors (Lipinski definition) is 11. The monoisotopic (exact) mass is 804 g/mol. The van der Waals surface area contributed by atoms with Crippen molar-refractivity contribution in [2.24, 2.45) is 5.14 Å². The summed E-state index contributed by atoms with van der Waals surface area (Å²) in [4.78, 5) is 16.4. The van der Waals surface area contributed by atoms with Crippen LogP contribution in [0.3, 0.4) is 0 Å². The van der Waals surface area contributed by atoms with Gasteiger partial charge in [-0.3, -0.25) is 9.80 Å². The summed E-state index contributed by atoms with van der Waals surface area (Å²) in [5, 5.41) is 32.8. The molecule has 0 bridgehead atoms. The van der Waals surface area contributed by atoms with Gasteiger partial charge in [0.05, 0.1) is 35.7 Å². The van der Waals surface area contributed by atoms with Gasteiger partial charge in [-0.15, -0.1) is 5.26 Å². The number of rotatable bonds is 7. The van der Waals surface area contributed by atoms with E-state index in [1.807, 2.05) is 22.1 Å². The van der Waals surface area contributed by atoms with Crippen LogP contribution >= 0.6 is 0 Å². The summed E-state index contributed by atoms with van der Waals surface area (Å²) in [6.07, 6.45) is 16.8. The quantitative estimate of drug-likeness (QED) is 0.269. The van der Waals surface area contributed by atoms with Crippen molar-refractivity contribution in [1.29, 1.82) is 15.8 Å². The minimum Gasteiger partial charge on any atom is -0.387 e. The summed E-state index contributed by atoms with van der Waals surface area (Å²) in [5.74, 6) is 0.903. The van der Waals surface area contributed by atoms with E-state index < -0.39 is 36.6 Å². The smallest absolute Gasteiger partial charge is 0.332 e. The number of urea groups is 1. The van der Waals surface area contributed by atoms with Crippen molar-refractivity contribution in [3.8, 4) is 24.1 Å². The van der Waals surface area contributed by atoms with Gasteiger partial charge < -0.3 is 10.1 Å². The molecule has 2 fully saturated rings. The number of carbonyl (C=O) groups excluding carboxylic acids is 1. The Kier molecular flexibility index (Phi) is 13.6. The van der Waals surface area contributed by atoms with Crippen LogP contribution in [0.2, 0.25) is 0 Å². The first kappa shape index (κ1) is 41.4. The lowest BCUT2D eigenvalue weighted by Crippen LogP contribution is -2.46. The predicted octanol–water partition coefficient (Wildman–Crippen LogP) is 3.89. The third-order valence-corrected chi connectivity index (χ3v) is 15.3. The number of benzene rings is 2. The van der Waals surface area contributed by atoms with Gasteiger partial charge in [0, 0.05) is 31.9 Å². The number of carbonyl (C=O) groups is 1. The molecule has 56 heavy (non-hydrogen) atoms. The molecule has 14 nitrogen and oxygen atoms in total. The van der Waals surface area contributed by atoms with Gasteiger partial charge in [0.2, 0.25) is 20.0 Å². The van der Waals surface area contributed by atoms with Crippen LogP contribution < -0.4 is 19.9 Å². The summed E-state index contributed by atoms with van der Waals surface area (Å²) < 4.78 is 54.7. The average Bonchev–Trinajstić information content (AvgIpc) is 4.00. The number of amides is 2. The van der Waals surface area contributed by atoms with Crippen LogP contribution in [0.1, 0.15) is 95.9 Å². The summed E-state index contributed by atoms with van der Waals surface area (Å²) in [7, 11) is -7.11. The lowest BCUT2D eigenvalue weighted by atomic mass is 9.99. The number of nitrogens with two attached hydrogens (primary N) is 1. The van der Waals surface area contributed by atoms with Crippen LogP contribution in [-0.4, -0.2) is 82.4 Å². The number of sulfonamides is 2. The molecule has 2 saturated heterocycles. The molecule has 4 aliphatic carbocycles. The second-order valence-corrected chi connectivity index (χ2v) is 19.4. The third-order valence-electron chi connectivity index (χ3n) is 12.1. The normalized spacial score (nSPS) is 19.3. The topological polar surface area (TPSA) is 223 Å². The lowest BCUT2D eigenvalue weighted by molar-refractivity contribution is 0.251. The molecule has 2 aromatic carbocycles. The second-order valence-electron chi connectivity index (χ2n) is 15.6. The average molecular weight is 805 g/mol. The van der Waals surface area contributed by atoms with Crippen molar-refractivity contribution in [2.45, 2.75) is 113 Å². The Labute approximate surface area is 331 Å². The van der Waals surface area contributed by atoms with Crippen molar-refractivity contribution in [1.82, 2.24) is 14.5 Å². The van der Waals surface area contributed by atoms with Crippen molar-refractivity contribution in [3.05, 3.63) is 56.6 Å². The number of hydrogen-bond donors (Lipinski definition) is 3. The fraction of sp³-hybridized carbons (Fsp3) is 0.600. The van der Waals surface area contributed by atoms with E-state index >= 15 is 0 Å². The van der Waals surface area contributed by atoms with Crippen molar-refractivity contribution in [2.75, 3.05) is 44.6 Å². The molecule has 0 unspecified atom stereocenters. The summed E-state index contributed by atoms with van der Waals surface area (Å²) in [5.41, 5.74) is 11.2. The highest BCUT2D eigenvalue weighted by Gasteiger charge is 2.33. The zero-order chi connectivity index (χ0) is 39.9. The largest absolute Gasteiger partial charge is 0.387 e. The second kappa shape index (κ2) is 18.4. The maximum atomic E-state index is 12.7. The van der Waals surface area contributed by atoms with E-state index in [1.165, 1.54) is 57.3 Å². The van der Waals surface area contributed by atoms with Crippen LogP contribution in [0.4, 0.5) is 10.5 Å². The molecule has 0 atom stereocenters. The SMILES string of the molecule is N#CCN1CCC(S(=O)(=O)NC(=O)Nc2c3c(cc4c2CCC4)CCC3)CC1.N#CCN1CCC(S(N)(=O)=O)CC1.N#COc1c2c(cc3c1CCC3)CCC2. The highest BCUT2D eigenvalue weighted by Crippen LogP contribution is 2.40. The molecule has 2 amide bonds. The van der Waals surface area contributed by atoms with E-state index in [1.54, 1.807) is 0 Å². The van der Waals surface area contributed by atoms with Crippen molar-refractivity contribution >= 4 is 31.8 Å². The van der Waals surface area contributed by atoms with Crippen LogP contribution in [0.25, 0.3) is 0 Å². The molecule has 0 aromatic heterocycles. The summed E-state index contributed by atoms with van der Waals surface area (Å²) >= 11 is 0. The van der Waals surface area contributed by atoms with E-state index in [9.17, 15) is 21.6 Å². The number of nitriles is 3. The van der Waals surface area contributed by atoms with Gasteiger partial charge in [-0.2, -0.15) is 10.5 Å². The molecule has 2 heterocycles. The Morgan fingerprint density at radius 3 is 1.50 bits per heavy atom. The van der Waals surface area contributed by atoms with Gasteiger partial charge in [-0.05, 0) is 147 Å². The number of likely N-dealkylation sites (tertiary alicyclic amines) is 2. The van der Waals surface area contributed by atoms with E-state index in [4.69, 9.17) is 25.7 Å². The van der Waals surface area contributed by atoms with E-state index in [0.29, 0.717) is 65.0 Å². The molecule has 4 N–H and O–H groups in total. The number of piperidine rings is 2. The molecule has 16 heteroatoms. The van der Waals surface area contributed by atoms with Crippen LogP contribution in [-0.2, 0) is 71.4 Å². The van der Waals surface area contributed by atoms with Crippen LogP contribution in [0, 0.1) is 34.2 Å².